The van der Waals surface area contributed by atoms with Gasteiger partial charge in [0.1, 0.15) is 0 Å². The van der Waals surface area contributed by atoms with Gasteiger partial charge in [-0.1, -0.05) is 38.0 Å². The Kier molecular flexibility index (Phi) is 8.39. The minimum absolute atomic E-state index is 0.0405. The summed E-state index contributed by atoms with van der Waals surface area (Å²) in [5.41, 5.74) is 2.05. The van der Waals surface area contributed by atoms with E-state index in [9.17, 15) is 14.4 Å². The molecule has 0 fully saturated rings. The predicted molar refractivity (Wildman–Crippen MR) is 131 cm³/mol. The Bertz CT molecular complexity index is 1240. The van der Waals surface area contributed by atoms with Crippen LogP contribution in [0.1, 0.15) is 71.4 Å². The normalized spacial score (nSPS) is 12.1. The molecule has 3 aromatic rings. The van der Waals surface area contributed by atoms with E-state index in [0.717, 1.165) is 30.7 Å². The first-order valence-corrected chi connectivity index (χ1v) is 11.7. The van der Waals surface area contributed by atoms with Crippen LogP contribution in [-0.4, -0.2) is 46.4 Å². The molecule has 0 aliphatic carbocycles. The number of hydrogen-bond acceptors (Lipinski definition) is 6. The topological polar surface area (TPSA) is 92.4 Å². The van der Waals surface area contributed by atoms with Crippen molar-refractivity contribution >= 4 is 22.5 Å². The number of aryl methyl sites for hydroxylation is 2. The van der Waals surface area contributed by atoms with Crippen LogP contribution >= 0.6 is 0 Å². The molecule has 1 atom stereocenters. The van der Waals surface area contributed by atoms with E-state index >= 15 is 0 Å². The Morgan fingerprint density at radius 2 is 1.82 bits per heavy atom. The summed E-state index contributed by atoms with van der Waals surface area (Å²) in [5, 5.41) is 5.13. The zero-order chi connectivity index (χ0) is 24.8. The van der Waals surface area contributed by atoms with Crippen LogP contribution in [0, 0.1) is 13.8 Å². The second kappa shape index (κ2) is 11.2. The number of unbranched alkanes of at least 4 members (excludes halogenated alkanes) is 2. The molecule has 1 unspecified atom stereocenters. The van der Waals surface area contributed by atoms with Crippen molar-refractivity contribution in [2.75, 3.05) is 20.3 Å². The molecule has 34 heavy (non-hydrogen) atoms. The fraction of sp³-hybridized carbons (Fsp3) is 0.462. The van der Waals surface area contributed by atoms with Crippen molar-refractivity contribution in [2.24, 2.45) is 0 Å². The summed E-state index contributed by atoms with van der Waals surface area (Å²) < 4.78 is 14.0. The molecule has 0 amide bonds. The van der Waals surface area contributed by atoms with E-state index in [2.05, 4.69) is 12.0 Å². The fourth-order valence-corrected chi connectivity index (χ4v) is 4.38. The lowest BCUT2D eigenvalue weighted by Crippen LogP contribution is -2.27. The largest absolute Gasteiger partial charge is 0.452 e. The average Bonchev–Trinajstić information content (AvgIpc) is 3.13. The number of hydrogen-bond donors (Lipinski definition) is 0. The first-order valence-electron chi connectivity index (χ1n) is 11.7. The van der Waals surface area contributed by atoms with E-state index in [4.69, 9.17) is 9.47 Å². The van der Waals surface area contributed by atoms with E-state index in [1.807, 2.05) is 25.3 Å². The summed E-state index contributed by atoms with van der Waals surface area (Å²) in [6, 6.07) is 8.71. The number of nitrogens with zero attached hydrogens (tertiary/aromatic N) is 3. The lowest BCUT2D eigenvalue weighted by molar-refractivity contribution is 0.0468. The van der Waals surface area contributed by atoms with Crippen LogP contribution in [-0.2, 0) is 16.0 Å². The molecule has 0 N–H and O–H groups in total. The molecule has 2 aromatic heterocycles. The van der Waals surface area contributed by atoms with Crippen molar-refractivity contribution in [2.45, 2.75) is 59.5 Å². The van der Waals surface area contributed by atoms with Gasteiger partial charge in [0.2, 0.25) is 5.78 Å². The van der Waals surface area contributed by atoms with Crippen LogP contribution in [0.5, 0.6) is 0 Å². The average molecular weight is 468 g/mol. The van der Waals surface area contributed by atoms with Crippen molar-refractivity contribution in [1.29, 1.82) is 0 Å². The standard InChI is InChI=1S/C26H33N3O5/c1-6-7-10-13-28-25(31)21-12-9-8-11-20(21)24(27-28)26(32)34-16-23(30)22-14-17(2)29(19(22)4)18(3)15-33-5/h8-9,11-12,14,18H,6-7,10,13,15-16H2,1-5H3. The van der Waals surface area contributed by atoms with Crippen LogP contribution in [0.2, 0.25) is 0 Å². The third-order valence-electron chi connectivity index (χ3n) is 6.00. The van der Waals surface area contributed by atoms with Gasteiger partial charge in [-0.3, -0.25) is 9.59 Å². The zero-order valence-corrected chi connectivity index (χ0v) is 20.6. The van der Waals surface area contributed by atoms with Gasteiger partial charge >= 0.3 is 5.97 Å². The quantitative estimate of drug-likeness (QED) is 0.238. The predicted octanol–water partition coefficient (Wildman–Crippen LogP) is 4.25. The number of rotatable bonds is 11. The van der Waals surface area contributed by atoms with Gasteiger partial charge in [0.15, 0.2) is 12.3 Å². The van der Waals surface area contributed by atoms with Crippen LogP contribution in [0.25, 0.3) is 10.8 Å². The molecular formula is C26H33N3O5. The van der Waals surface area contributed by atoms with Gasteiger partial charge in [0.05, 0.1) is 18.0 Å². The van der Waals surface area contributed by atoms with Crippen LogP contribution in [0.15, 0.2) is 35.1 Å². The zero-order valence-electron chi connectivity index (χ0n) is 20.6. The van der Waals surface area contributed by atoms with E-state index in [1.54, 1.807) is 37.4 Å². The highest BCUT2D eigenvalue weighted by Crippen LogP contribution is 2.22. The Balaban J connectivity index is 1.83. The Morgan fingerprint density at radius 3 is 2.50 bits per heavy atom. The minimum Gasteiger partial charge on any atom is -0.452 e. The van der Waals surface area contributed by atoms with Gasteiger partial charge in [0.25, 0.3) is 5.56 Å². The number of carbonyl (C=O) groups is 2. The molecule has 8 heteroatoms. The molecule has 8 nitrogen and oxygen atoms in total. The fourth-order valence-electron chi connectivity index (χ4n) is 4.38. The van der Waals surface area contributed by atoms with Crippen molar-refractivity contribution in [1.82, 2.24) is 14.3 Å². The Morgan fingerprint density at radius 1 is 1.12 bits per heavy atom. The molecule has 0 aliphatic rings. The summed E-state index contributed by atoms with van der Waals surface area (Å²) in [6.07, 6.45) is 2.74. The van der Waals surface area contributed by atoms with Gasteiger partial charge in [-0.15, -0.1) is 0 Å². The molecule has 0 saturated carbocycles. The smallest absolute Gasteiger partial charge is 0.359 e. The summed E-state index contributed by atoms with van der Waals surface area (Å²) in [7, 11) is 1.64. The minimum atomic E-state index is -0.727. The number of fused-ring (bicyclic) bond motifs is 1. The third-order valence-corrected chi connectivity index (χ3v) is 6.00. The van der Waals surface area contributed by atoms with E-state index in [-0.39, 0.29) is 23.1 Å². The molecular weight excluding hydrogens is 434 g/mol. The maximum atomic E-state index is 13.0. The highest BCUT2D eigenvalue weighted by Gasteiger charge is 2.22. The molecule has 2 heterocycles. The molecule has 0 spiro atoms. The number of ether oxygens (including phenoxy) is 2. The summed E-state index contributed by atoms with van der Waals surface area (Å²) in [5.74, 6) is -1.02. The molecule has 182 valence electrons. The van der Waals surface area contributed by atoms with E-state index in [0.29, 0.717) is 29.5 Å². The van der Waals surface area contributed by atoms with Crippen molar-refractivity contribution in [3.05, 3.63) is 63.3 Å². The maximum absolute atomic E-state index is 13.0. The number of methoxy groups -OCH3 is 1. The SMILES string of the molecule is CCCCCn1nc(C(=O)OCC(=O)c2cc(C)n(C(C)COC)c2C)c2ccccc2c1=O. The highest BCUT2D eigenvalue weighted by molar-refractivity contribution is 6.04. The van der Waals surface area contributed by atoms with Crippen molar-refractivity contribution in [3.63, 3.8) is 0 Å². The molecule has 3 rings (SSSR count). The van der Waals surface area contributed by atoms with Gasteiger partial charge in [0, 0.05) is 36.0 Å². The number of carbonyl (C=O) groups excluding carboxylic acids is 2. The first-order chi connectivity index (χ1) is 16.3. The lowest BCUT2D eigenvalue weighted by Gasteiger charge is -2.17. The van der Waals surface area contributed by atoms with Gasteiger partial charge < -0.3 is 14.0 Å². The van der Waals surface area contributed by atoms with Crippen molar-refractivity contribution in [3.8, 4) is 0 Å². The van der Waals surface area contributed by atoms with Crippen molar-refractivity contribution < 1.29 is 19.1 Å². The second-order valence-corrected chi connectivity index (χ2v) is 8.59. The Hall–Kier alpha value is -3.26. The number of ketones is 1. The first kappa shape index (κ1) is 25.4. The van der Waals surface area contributed by atoms with Crippen LogP contribution in [0.4, 0.5) is 0 Å². The van der Waals surface area contributed by atoms with Gasteiger partial charge in [-0.05, 0) is 39.3 Å². The number of benzene rings is 1. The molecule has 0 bridgehead atoms. The van der Waals surface area contributed by atoms with E-state index in [1.165, 1.54) is 4.68 Å². The number of Topliss-reactive ketones (excluding diaryl/α,β-unsaturated/α-hetero) is 1. The van der Waals surface area contributed by atoms with E-state index < -0.39 is 12.6 Å². The Labute approximate surface area is 199 Å². The highest BCUT2D eigenvalue weighted by atomic mass is 16.5. The monoisotopic (exact) mass is 467 g/mol. The summed E-state index contributed by atoms with van der Waals surface area (Å²) in [6.45, 7) is 8.42. The summed E-state index contributed by atoms with van der Waals surface area (Å²) >= 11 is 0. The third kappa shape index (κ3) is 5.28. The molecule has 1 aromatic carbocycles. The number of aromatic nitrogens is 3. The summed E-state index contributed by atoms with van der Waals surface area (Å²) in [4.78, 5) is 38.7. The van der Waals surface area contributed by atoms with Gasteiger partial charge in [-0.2, -0.15) is 5.10 Å². The lowest BCUT2D eigenvalue weighted by atomic mass is 10.1. The van der Waals surface area contributed by atoms with Crippen LogP contribution in [0.3, 0.4) is 0 Å². The van der Waals surface area contributed by atoms with Crippen LogP contribution < -0.4 is 5.56 Å². The van der Waals surface area contributed by atoms with Gasteiger partial charge in [-0.25, -0.2) is 9.48 Å². The molecule has 0 aliphatic heterocycles. The molecule has 0 radical (unpaired) electrons. The maximum Gasteiger partial charge on any atom is 0.359 e. The number of esters is 1. The second-order valence-electron chi connectivity index (χ2n) is 8.59. The molecule has 0 saturated heterocycles.